The molecule has 0 saturated heterocycles. The van der Waals surface area contributed by atoms with Gasteiger partial charge in [0.15, 0.2) is 17.6 Å². The van der Waals surface area contributed by atoms with Gasteiger partial charge in [-0.1, -0.05) is 37.3 Å². The summed E-state index contributed by atoms with van der Waals surface area (Å²) in [5.74, 6) is 1.73. The third kappa shape index (κ3) is 4.66. The molecule has 2 aromatic rings. The molecule has 0 aliphatic carbocycles. The maximum atomic E-state index is 12.6. The van der Waals surface area contributed by atoms with E-state index >= 15 is 0 Å². The molecule has 1 amide bonds. The van der Waals surface area contributed by atoms with Crippen molar-refractivity contribution in [3.8, 4) is 17.2 Å². The predicted molar refractivity (Wildman–Crippen MR) is 97.3 cm³/mol. The average molecular weight is 343 g/mol. The fraction of sp³-hybridized carbons (Fsp3) is 0.350. The van der Waals surface area contributed by atoms with Crippen LogP contribution in [0.3, 0.4) is 0 Å². The van der Waals surface area contributed by atoms with E-state index in [2.05, 4.69) is 5.32 Å². The van der Waals surface area contributed by atoms with Crippen molar-refractivity contribution in [2.75, 3.05) is 14.2 Å². The number of para-hydroxylation sites is 3. The topological polar surface area (TPSA) is 56.8 Å². The van der Waals surface area contributed by atoms with E-state index in [0.717, 1.165) is 11.3 Å². The Kier molecular flexibility index (Phi) is 6.69. The molecule has 0 aromatic heterocycles. The zero-order valence-corrected chi connectivity index (χ0v) is 15.1. The summed E-state index contributed by atoms with van der Waals surface area (Å²) in [6.07, 6.45) is -0.0591. The van der Waals surface area contributed by atoms with Crippen LogP contribution < -0.4 is 19.5 Å². The fourth-order valence-electron chi connectivity index (χ4n) is 2.60. The highest BCUT2D eigenvalue weighted by atomic mass is 16.5. The molecule has 0 radical (unpaired) electrons. The van der Waals surface area contributed by atoms with Gasteiger partial charge in [0, 0.05) is 5.56 Å². The lowest BCUT2D eigenvalue weighted by Gasteiger charge is -2.22. The third-order valence-electron chi connectivity index (χ3n) is 3.97. The Labute approximate surface area is 148 Å². The number of ether oxygens (including phenoxy) is 3. The molecule has 2 atom stereocenters. The van der Waals surface area contributed by atoms with Crippen LogP contribution in [0.4, 0.5) is 0 Å². The highest BCUT2D eigenvalue weighted by Gasteiger charge is 2.23. The Balaban J connectivity index is 2.09. The van der Waals surface area contributed by atoms with E-state index in [4.69, 9.17) is 14.2 Å². The number of carbonyl (C=O) groups is 1. The van der Waals surface area contributed by atoms with Crippen LogP contribution in [0, 0.1) is 0 Å². The third-order valence-corrected chi connectivity index (χ3v) is 3.97. The van der Waals surface area contributed by atoms with Crippen molar-refractivity contribution in [2.45, 2.75) is 32.4 Å². The van der Waals surface area contributed by atoms with Crippen molar-refractivity contribution in [1.82, 2.24) is 5.32 Å². The predicted octanol–water partition coefficient (Wildman–Crippen LogP) is 3.74. The molecular weight excluding hydrogens is 318 g/mol. The molecule has 0 spiro atoms. The molecule has 5 heteroatoms. The molecule has 2 unspecified atom stereocenters. The molecule has 0 aliphatic heterocycles. The fourth-order valence-corrected chi connectivity index (χ4v) is 2.60. The van der Waals surface area contributed by atoms with Crippen LogP contribution in [-0.2, 0) is 4.79 Å². The van der Waals surface area contributed by atoms with Crippen molar-refractivity contribution >= 4 is 5.91 Å². The monoisotopic (exact) mass is 343 g/mol. The number of benzene rings is 2. The lowest BCUT2D eigenvalue weighted by molar-refractivity contribution is -0.128. The van der Waals surface area contributed by atoms with Gasteiger partial charge in [0.05, 0.1) is 20.3 Å². The van der Waals surface area contributed by atoms with Gasteiger partial charge in [-0.15, -0.1) is 0 Å². The summed E-state index contributed by atoms with van der Waals surface area (Å²) < 4.78 is 16.5. The van der Waals surface area contributed by atoms with Crippen molar-refractivity contribution in [2.24, 2.45) is 0 Å². The van der Waals surface area contributed by atoms with Gasteiger partial charge in [0.25, 0.3) is 5.91 Å². The Morgan fingerprint density at radius 3 is 2.12 bits per heavy atom. The van der Waals surface area contributed by atoms with Crippen molar-refractivity contribution in [1.29, 1.82) is 0 Å². The lowest BCUT2D eigenvalue weighted by Crippen LogP contribution is -2.39. The Morgan fingerprint density at radius 1 is 0.960 bits per heavy atom. The molecular formula is C20H25NO4. The molecule has 0 bridgehead atoms. The Hall–Kier alpha value is -2.69. The summed E-state index contributed by atoms with van der Waals surface area (Å²) >= 11 is 0. The van der Waals surface area contributed by atoms with Crippen molar-refractivity contribution < 1.29 is 19.0 Å². The summed E-state index contributed by atoms with van der Waals surface area (Å²) in [7, 11) is 3.19. The van der Waals surface area contributed by atoms with Gasteiger partial charge < -0.3 is 19.5 Å². The van der Waals surface area contributed by atoms with E-state index in [1.54, 1.807) is 26.4 Å². The summed E-state index contributed by atoms with van der Waals surface area (Å²) in [5, 5.41) is 2.99. The highest BCUT2D eigenvalue weighted by molar-refractivity contribution is 5.81. The Morgan fingerprint density at radius 2 is 1.52 bits per heavy atom. The first-order valence-corrected chi connectivity index (χ1v) is 8.33. The number of carbonyl (C=O) groups excluding carboxylic acids is 1. The maximum Gasteiger partial charge on any atom is 0.261 e. The first-order chi connectivity index (χ1) is 12.1. The van der Waals surface area contributed by atoms with E-state index in [1.165, 1.54) is 0 Å². The minimum atomic E-state index is -0.603. The van der Waals surface area contributed by atoms with Crippen LogP contribution in [0.15, 0.2) is 48.5 Å². The first-order valence-electron chi connectivity index (χ1n) is 8.33. The van der Waals surface area contributed by atoms with Gasteiger partial charge >= 0.3 is 0 Å². The second-order valence-corrected chi connectivity index (χ2v) is 5.64. The molecule has 2 rings (SSSR count). The first kappa shape index (κ1) is 18.6. The molecule has 25 heavy (non-hydrogen) atoms. The second kappa shape index (κ2) is 8.97. The van der Waals surface area contributed by atoms with Gasteiger partial charge in [-0.25, -0.2) is 0 Å². The van der Waals surface area contributed by atoms with E-state index in [-0.39, 0.29) is 11.9 Å². The number of methoxy groups -OCH3 is 2. The van der Waals surface area contributed by atoms with Gasteiger partial charge in [0.1, 0.15) is 5.75 Å². The molecule has 134 valence electrons. The van der Waals surface area contributed by atoms with Gasteiger partial charge in [-0.3, -0.25) is 4.79 Å². The summed E-state index contributed by atoms with van der Waals surface area (Å²) in [6, 6.07) is 14.7. The van der Waals surface area contributed by atoms with Crippen LogP contribution in [0.2, 0.25) is 0 Å². The van der Waals surface area contributed by atoms with Crippen LogP contribution in [0.5, 0.6) is 17.2 Å². The second-order valence-electron chi connectivity index (χ2n) is 5.64. The van der Waals surface area contributed by atoms with Crippen molar-refractivity contribution in [3.05, 3.63) is 54.1 Å². The van der Waals surface area contributed by atoms with Crippen LogP contribution in [0.25, 0.3) is 0 Å². The normalized spacial score (nSPS) is 12.8. The molecule has 0 heterocycles. The Bertz CT molecular complexity index is 702. The number of rotatable bonds is 8. The maximum absolute atomic E-state index is 12.6. The zero-order chi connectivity index (χ0) is 18.2. The molecule has 1 N–H and O–H groups in total. The smallest absolute Gasteiger partial charge is 0.261 e. The lowest BCUT2D eigenvalue weighted by atomic mass is 10.1. The molecule has 2 aromatic carbocycles. The van der Waals surface area contributed by atoms with Crippen LogP contribution in [-0.4, -0.2) is 26.2 Å². The summed E-state index contributed by atoms with van der Waals surface area (Å²) in [4.78, 5) is 12.6. The quantitative estimate of drug-likeness (QED) is 0.793. The zero-order valence-electron chi connectivity index (χ0n) is 15.1. The van der Waals surface area contributed by atoms with E-state index in [9.17, 15) is 4.79 Å². The summed E-state index contributed by atoms with van der Waals surface area (Å²) in [6.45, 7) is 3.83. The standard InChI is InChI=1S/C20H25NO4/c1-5-16(25-19-13-9-8-12-18(19)24-4)20(22)21-14(2)15-10-6-7-11-17(15)23-3/h6-14,16H,5H2,1-4H3,(H,21,22). The average Bonchev–Trinajstić information content (AvgIpc) is 2.66. The van der Waals surface area contributed by atoms with Crippen LogP contribution in [0.1, 0.15) is 31.9 Å². The minimum Gasteiger partial charge on any atom is -0.496 e. The SMILES string of the molecule is CCC(Oc1ccccc1OC)C(=O)NC(C)c1ccccc1OC. The number of hydrogen-bond acceptors (Lipinski definition) is 4. The molecule has 0 aliphatic rings. The molecule has 0 saturated carbocycles. The largest absolute Gasteiger partial charge is 0.496 e. The van der Waals surface area contributed by atoms with Crippen molar-refractivity contribution in [3.63, 3.8) is 0 Å². The number of amides is 1. The number of nitrogens with one attached hydrogen (secondary N) is 1. The van der Waals surface area contributed by atoms with Crippen LogP contribution >= 0.6 is 0 Å². The molecule has 0 fully saturated rings. The van der Waals surface area contributed by atoms with Gasteiger partial charge in [-0.2, -0.15) is 0 Å². The van der Waals surface area contributed by atoms with E-state index in [0.29, 0.717) is 17.9 Å². The summed E-state index contributed by atoms with van der Waals surface area (Å²) in [5.41, 5.74) is 0.922. The number of hydrogen-bond donors (Lipinski definition) is 1. The minimum absolute atomic E-state index is 0.174. The molecule has 5 nitrogen and oxygen atoms in total. The van der Waals surface area contributed by atoms with Gasteiger partial charge in [0.2, 0.25) is 0 Å². The van der Waals surface area contributed by atoms with E-state index < -0.39 is 6.10 Å². The van der Waals surface area contributed by atoms with Gasteiger partial charge in [-0.05, 0) is 31.5 Å². The highest BCUT2D eigenvalue weighted by Crippen LogP contribution is 2.28. The van der Waals surface area contributed by atoms with E-state index in [1.807, 2.05) is 50.2 Å².